The highest BCUT2D eigenvalue weighted by molar-refractivity contribution is 7.20. The minimum Gasteiger partial charge on any atom is -0.477 e. The van der Waals surface area contributed by atoms with Crippen LogP contribution in [-0.2, 0) is 24.4 Å². The second-order valence-corrected chi connectivity index (χ2v) is 11.7. The van der Waals surface area contributed by atoms with Gasteiger partial charge in [0.25, 0.3) is 5.88 Å². The summed E-state index contributed by atoms with van der Waals surface area (Å²) in [7, 11) is 0. The van der Waals surface area contributed by atoms with E-state index in [-0.39, 0.29) is 23.5 Å². The molecule has 1 N–H and O–H groups in total. The standard InChI is InChI=1S/C29H25ClFN5O5S/c30-20-2-1-17(25-19(20)6-10-40-25)15-41-27-21(31)12-32-26(34-27)16-3-7-35(8-4-16)14-24-33-28-22(11-23(42-28)29(37)38)36(24)13-18-5-9-39-18/h1-3,6,10-12,18H,4-5,7-9,13-15H2,(H,37,38)/t18-/m0/s1. The van der Waals surface area contributed by atoms with Gasteiger partial charge in [0.1, 0.15) is 27.7 Å². The quantitative estimate of drug-likeness (QED) is 0.222. The molecule has 1 fully saturated rings. The molecule has 0 amide bonds. The van der Waals surface area contributed by atoms with E-state index in [9.17, 15) is 14.3 Å². The number of nitrogens with zero attached hydrogens (tertiary/aromatic N) is 5. The number of benzene rings is 1. The summed E-state index contributed by atoms with van der Waals surface area (Å²) < 4.78 is 33.6. The maximum Gasteiger partial charge on any atom is 0.346 e. The van der Waals surface area contributed by atoms with Crippen molar-refractivity contribution >= 4 is 55.8 Å². The van der Waals surface area contributed by atoms with Gasteiger partial charge in [-0.3, -0.25) is 4.90 Å². The number of aromatic nitrogens is 4. The molecule has 2 aliphatic rings. The van der Waals surface area contributed by atoms with Gasteiger partial charge in [0.2, 0.25) is 5.82 Å². The Balaban J connectivity index is 1.05. The van der Waals surface area contributed by atoms with Crippen molar-refractivity contribution in [3.63, 3.8) is 0 Å². The number of imidazole rings is 1. The van der Waals surface area contributed by atoms with Crippen LogP contribution in [0.15, 0.2) is 47.2 Å². The number of fused-ring (bicyclic) bond motifs is 2. The average Bonchev–Trinajstić information content (AvgIpc) is 3.68. The number of rotatable bonds is 9. The molecule has 0 unspecified atom stereocenters. The molecular weight excluding hydrogens is 585 g/mol. The fourth-order valence-corrected chi connectivity index (χ4v) is 6.34. The SMILES string of the molecule is O=C(O)c1cc2c(nc(CN3CC=C(c4ncc(F)c(OCc5ccc(Cl)c6ccoc56)n4)CC3)n2C[C@@H]2CCO2)s1. The molecule has 0 radical (unpaired) electrons. The highest BCUT2D eigenvalue weighted by Crippen LogP contribution is 2.31. The van der Waals surface area contributed by atoms with E-state index in [0.29, 0.717) is 47.3 Å². The van der Waals surface area contributed by atoms with E-state index in [0.717, 1.165) is 53.6 Å². The summed E-state index contributed by atoms with van der Waals surface area (Å²) in [5, 5.41) is 10.8. The Bertz CT molecular complexity index is 1840. The lowest BCUT2D eigenvalue weighted by atomic mass is 10.1. The van der Waals surface area contributed by atoms with Gasteiger partial charge in [0.05, 0.1) is 42.2 Å². The van der Waals surface area contributed by atoms with Crippen molar-refractivity contribution in [3.05, 3.63) is 75.7 Å². The highest BCUT2D eigenvalue weighted by atomic mass is 35.5. The van der Waals surface area contributed by atoms with Crippen LogP contribution in [0.25, 0.3) is 26.9 Å². The van der Waals surface area contributed by atoms with Crippen LogP contribution in [0.1, 0.15) is 39.7 Å². The topological polar surface area (TPSA) is 116 Å². The third-order valence-corrected chi connectivity index (χ3v) is 8.92. The van der Waals surface area contributed by atoms with E-state index in [1.165, 1.54) is 11.3 Å². The molecular formula is C29H25ClFN5O5S. The number of carboxylic acid groups (broad SMARTS) is 1. The van der Waals surface area contributed by atoms with Crippen molar-refractivity contribution in [2.45, 2.75) is 38.6 Å². The van der Waals surface area contributed by atoms with Crippen molar-refractivity contribution in [2.75, 3.05) is 19.7 Å². The maximum atomic E-state index is 14.6. The van der Waals surface area contributed by atoms with Gasteiger partial charge in [0, 0.05) is 30.6 Å². The van der Waals surface area contributed by atoms with Gasteiger partial charge >= 0.3 is 5.97 Å². The number of hydrogen-bond donors (Lipinski definition) is 1. The lowest BCUT2D eigenvalue weighted by molar-refractivity contribution is -0.0591. The van der Waals surface area contributed by atoms with Crippen LogP contribution in [0.3, 0.4) is 0 Å². The first-order valence-electron chi connectivity index (χ1n) is 13.5. The van der Waals surface area contributed by atoms with Crippen LogP contribution in [0.5, 0.6) is 5.88 Å². The summed E-state index contributed by atoms with van der Waals surface area (Å²) in [6, 6.07) is 7.01. The van der Waals surface area contributed by atoms with Gasteiger partial charge < -0.3 is 23.6 Å². The molecule has 7 rings (SSSR count). The highest BCUT2D eigenvalue weighted by Gasteiger charge is 2.25. The fourth-order valence-electron chi connectivity index (χ4n) is 5.23. The molecule has 5 aromatic rings. The molecule has 0 aliphatic carbocycles. The normalized spacial score (nSPS) is 17.5. The van der Waals surface area contributed by atoms with Gasteiger partial charge in [0.15, 0.2) is 5.82 Å². The number of aromatic carboxylic acids is 1. The zero-order chi connectivity index (χ0) is 28.8. The van der Waals surface area contributed by atoms with Gasteiger partial charge in [-0.05, 0) is 36.6 Å². The largest absolute Gasteiger partial charge is 0.477 e. The van der Waals surface area contributed by atoms with Gasteiger partial charge in [-0.25, -0.2) is 14.8 Å². The fraction of sp³-hybridized carbons (Fsp3) is 0.310. The van der Waals surface area contributed by atoms with Gasteiger partial charge in [-0.1, -0.05) is 23.7 Å². The molecule has 2 aliphatic heterocycles. The lowest BCUT2D eigenvalue weighted by Crippen LogP contribution is -2.33. The minimum atomic E-state index is -0.948. The van der Waals surface area contributed by atoms with E-state index in [1.807, 2.05) is 6.08 Å². The Labute approximate surface area is 248 Å². The molecule has 216 valence electrons. The summed E-state index contributed by atoms with van der Waals surface area (Å²) in [6.07, 6.45) is 6.47. The molecule has 0 saturated carbocycles. The third kappa shape index (κ3) is 5.15. The first kappa shape index (κ1) is 27.0. The van der Waals surface area contributed by atoms with Gasteiger partial charge in [-0.15, -0.1) is 11.3 Å². The van der Waals surface area contributed by atoms with E-state index in [4.69, 9.17) is 30.5 Å². The Kier molecular flexibility index (Phi) is 7.14. The first-order valence-corrected chi connectivity index (χ1v) is 14.7. The molecule has 6 heterocycles. The zero-order valence-electron chi connectivity index (χ0n) is 22.3. The van der Waals surface area contributed by atoms with E-state index >= 15 is 0 Å². The number of hydrogen-bond acceptors (Lipinski definition) is 9. The summed E-state index contributed by atoms with van der Waals surface area (Å²) in [5.41, 5.74) is 3.06. The minimum absolute atomic E-state index is 0.0608. The van der Waals surface area contributed by atoms with E-state index in [2.05, 4.69) is 19.4 Å². The number of ether oxygens (including phenoxy) is 2. The van der Waals surface area contributed by atoms with E-state index < -0.39 is 11.8 Å². The number of carbonyl (C=O) groups is 1. The molecule has 0 spiro atoms. The molecule has 1 saturated heterocycles. The Morgan fingerprint density at radius 1 is 1.29 bits per heavy atom. The average molecular weight is 610 g/mol. The molecule has 13 heteroatoms. The van der Waals surface area contributed by atoms with Crippen LogP contribution >= 0.6 is 22.9 Å². The number of halogens is 2. The van der Waals surface area contributed by atoms with Crippen molar-refractivity contribution in [1.82, 2.24) is 24.4 Å². The second-order valence-electron chi connectivity index (χ2n) is 10.2. The van der Waals surface area contributed by atoms with Gasteiger partial charge in [-0.2, -0.15) is 9.37 Å². The van der Waals surface area contributed by atoms with Crippen LogP contribution in [0, 0.1) is 5.82 Å². The maximum absolute atomic E-state index is 14.6. The summed E-state index contributed by atoms with van der Waals surface area (Å²) in [6.45, 7) is 3.41. The first-order chi connectivity index (χ1) is 20.4. The van der Waals surface area contributed by atoms with Crippen molar-refractivity contribution in [1.29, 1.82) is 0 Å². The van der Waals surface area contributed by atoms with Crippen molar-refractivity contribution < 1.29 is 28.2 Å². The molecule has 4 aromatic heterocycles. The predicted molar refractivity (Wildman–Crippen MR) is 154 cm³/mol. The molecule has 1 aromatic carbocycles. The molecule has 0 bridgehead atoms. The van der Waals surface area contributed by atoms with Crippen LogP contribution in [-0.4, -0.2) is 61.3 Å². The zero-order valence-corrected chi connectivity index (χ0v) is 23.8. The molecule has 1 atom stereocenters. The smallest absolute Gasteiger partial charge is 0.346 e. The predicted octanol–water partition coefficient (Wildman–Crippen LogP) is 5.78. The Morgan fingerprint density at radius 3 is 2.93 bits per heavy atom. The number of furan rings is 1. The monoisotopic (exact) mass is 609 g/mol. The van der Waals surface area contributed by atoms with Crippen molar-refractivity contribution in [3.8, 4) is 5.88 Å². The summed E-state index contributed by atoms with van der Waals surface area (Å²) in [4.78, 5) is 28.1. The number of thiophene rings is 1. The van der Waals surface area contributed by atoms with Crippen LogP contribution in [0.4, 0.5) is 4.39 Å². The third-order valence-electron chi connectivity index (χ3n) is 7.58. The molecule has 10 nitrogen and oxygen atoms in total. The van der Waals surface area contributed by atoms with E-state index in [1.54, 1.807) is 30.5 Å². The summed E-state index contributed by atoms with van der Waals surface area (Å²) in [5.74, 6) is -0.414. The number of carboxylic acids is 1. The Hall–Kier alpha value is -3.84. The Morgan fingerprint density at radius 2 is 2.17 bits per heavy atom. The lowest BCUT2D eigenvalue weighted by Gasteiger charge is -2.29. The second kappa shape index (κ2) is 11.1. The van der Waals surface area contributed by atoms with Crippen molar-refractivity contribution in [2.24, 2.45) is 0 Å². The molecule has 42 heavy (non-hydrogen) atoms. The van der Waals surface area contributed by atoms with Crippen LogP contribution in [0.2, 0.25) is 5.02 Å². The van der Waals surface area contributed by atoms with Crippen LogP contribution < -0.4 is 4.74 Å². The summed E-state index contributed by atoms with van der Waals surface area (Å²) >= 11 is 7.41.